The number of nitrogens with one attached hydrogen (secondary N) is 2. The Morgan fingerprint density at radius 1 is 1.00 bits per heavy atom. The highest BCUT2D eigenvalue weighted by Gasteiger charge is 2.04. The van der Waals surface area contributed by atoms with E-state index in [1.165, 1.54) is 0 Å². The molecule has 0 aliphatic carbocycles. The molecule has 0 saturated heterocycles. The average Bonchev–Trinajstić information content (AvgIpc) is 2.90. The third-order valence-electron chi connectivity index (χ3n) is 2.40. The molecule has 0 atom stereocenters. The first-order valence-electron chi connectivity index (χ1n) is 6.69. The van der Waals surface area contributed by atoms with Crippen LogP contribution in [0.5, 0.6) is 0 Å². The second kappa shape index (κ2) is 11.6. The van der Waals surface area contributed by atoms with Crippen molar-refractivity contribution in [1.29, 1.82) is 0 Å². The van der Waals surface area contributed by atoms with Gasteiger partial charge in [-0.3, -0.25) is 0 Å². The Hall–Kier alpha value is -1.22. The Bertz CT molecular complexity index is 335. The molecule has 8 heteroatoms. The number of nitrogens with zero attached hydrogens (tertiary/aromatic N) is 2. The minimum Gasteiger partial charge on any atom is -0.407 e. The van der Waals surface area contributed by atoms with Gasteiger partial charge in [-0.1, -0.05) is 5.10 Å². The van der Waals surface area contributed by atoms with Crippen molar-refractivity contribution in [1.82, 2.24) is 15.5 Å². The lowest BCUT2D eigenvalue weighted by molar-refractivity contribution is 0.0705. The van der Waals surface area contributed by atoms with Crippen molar-refractivity contribution in [3.63, 3.8) is 0 Å². The largest absolute Gasteiger partial charge is 0.407 e. The molecule has 0 aliphatic rings. The molecule has 0 saturated carbocycles. The van der Waals surface area contributed by atoms with Crippen LogP contribution in [-0.4, -0.2) is 63.9 Å². The highest BCUT2D eigenvalue weighted by atomic mass is 16.5. The lowest BCUT2D eigenvalue weighted by atomic mass is 10.4. The fourth-order valence-corrected chi connectivity index (χ4v) is 1.38. The number of rotatable bonds is 13. The molecule has 0 aliphatic heterocycles. The minimum absolute atomic E-state index is 0.436. The Labute approximate surface area is 119 Å². The SMILES string of the molecule is COCCNCc1nnc(NCCCOCCOC)o1. The summed E-state index contributed by atoms with van der Waals surface area (Å²) in [6.45, 7) is 4.59. The second-order valence-corrected chi connectivity index (χ2v) is 4.06. The van der Waals surface area contributed by atoms with Crippen LogP contribution in [-0.2, 0) is 20.8 Å². The third-order valence-corrected chi connectivity index (χ3v) is 2.40. The van der Waals surface area contributed by atoms with E-state index in [2.05, 4.69) is 20.8 Å². The molecule has 0 bridgehead atoms. The van der Waals surface area contributed by atoms with Gasteiger partial charge in [0, 0.05) is 33.9 Å². The number of hydrogen-bond acceptors (Lipinski definition) is 8. The highest BCUT2D eigenvalue weighted by Crippen LogP contribution is 2.04. The summed E-state index contributed by atoms with van der Waals surface area (Å²) in [5.74, 6) is 0.556. The predicted octanol–water partition coefficient (Wildman–Crippen LogP) is 0.271. The Kier molecular flexibility index (Phi) is 9.76. The molecule has 1 heterocycles. The molecule has 0 fully saturated rings. The van der Waals surface area contributed by atoms with Crippen LogP contribution in [0.4, 0.5) is 6.01 Å². The van der Waals surface area contributed by atoms with Gasteiger partial charge in [-0.25, -0.2) is 0 Å². The summed E-state index contributed by atoms with van der Waals surface area (Å²) in [4.78, 5) is 0. The molecule has 0 unspecified atom stereocenters. The standard InChI is InChI=1S/C12H24N4O4/c1-17-7-5-13-10-11-15-16-12(20-11)14-4-3-6-19-9-8-18-2/h13H,3-10H2,1-2H3,(H,14,16). The molecule has 1 rings (SSSR count). The molecule has 20 heavy (non-hydrogen) atoms. The van der Waals surface area contributed by atoms with Gasteiger partial charge in [0.25, 0.3) is 0 Å². The van der Waals surface area contributed by atoms with Crippen LogP contribution < -0.4 is 10.6 Å². The molecule has 1 aromatic rings. The smallest absolute Gasteiger partial charge is 0.315 e. The summed E-state index contributed by atoms with van der Waals surface area (Å²) in [6.07, 6.45) is 0.869. The van der Waals surface area contributed by atoms with Crippen LogP contribution in [0, 0.1) is 0 Å². The van der Waals surface area contributed by atoms with Crippen LogP contribution in [0.15, 0.2) is 4.42 Å². The zero-order chi connectivity index (χ0) is 14.5. The van der Waals surface area contributed by atoms with Crippen molar-refractivity contribution < 1.29 is 18.6 Å². The van der Waals surface area contributed by atoms with Gasteiger partial charge >= 0.3 is 6.01 Å². The molecule has 0 aromatic carbocycles. The van der Waals surface area contributed by atoms with E-state index in [4.69, 9.17) is 18.6 Å². The quantitative estimate of drug-likeness (QED) is 0.500. The van der Waals surface area contributed by atoms with Crippen molar-refractivity contribution in [3.8, 4) is 0 Å². The maximum Gasteiger partial charge on any atom is 0.315 e. The molecular weight excluding hydrogens is 264 g/mol. The number of ether oxygens (including phenoxy) is 3. The minimum atomic E-state index is 0.436. The van der Waals surface area contributed by atoms with Gasteiger partial charge < -0.3 is 29.3 Å². The third kappa shape index (κ3) is 8.05. The fraction of sp³-hybridized carbons (Fsp3) is 0.833. The van der Waals surface area contributed by atoms with Gasteiger partial charge in [0.1, 0.15) is 0 Å². The molecule has 2 N–H and O–H groups in total. The van der Waals surface area contributed by atoms with Crippen molar-refractivity contribution in [2.75, 3.05) is 59.1 Å². The van der Waals surface area contributed by atoms with Gasteiger partial charge in [-0.05, 0) is 6.42 Å². The molecule has 116 valence electrons. The monoisotopic (exact) mass is 288 g/mol. The summed E-state index contributed by atoms with van der Waals surface area (Å²) in [5.41, 5.74) is 0. The van der Waals surface area contributed by atoms with Gasteiger partial charge in [-0.15, -0.1) is 5.10 Å². The number of hydrogen-bond donors (Lipinski definition) is 2. The zero-order valence-corrected chi connectivity index (χ0v) is 12.2. The Balaban J connectivity index is 2.02. The zero-order valence-electron chi connectivity index (χ0n) is 12.2. The van der Waals surface area contributed by atoms with Crippen LogP contribution in [0.3, 0.4) is 0 Å². The van der Waals surface area contributed by atoms with E-state index in [9.17, 15) is 0 Å². The molecule has 0 amide bonds. The van der Waals surface area contributed by atoms with Gasteiger partial charge in [0.15, 0.2) is 0 Å². The normalized spacial score (nSPS) is 10.9. The highest BCUT2D eigenvalue weighted by molar-refractivity contribution is 5.16. The van der Waals surface area contributed by atoms with E-state index >= 15 is 0 Å². The Morgan fingerprint density at radius 3 is 2.65 bits per heavy atom. The second-order valence-electron chi connectivity index (χ2n) is 4.06. The summed E-state index contributed by atoms with van der Waals surface area (Å²) in [5, 5.41) is 14.0. The van der Waals surface area contributed by atoms with Crippen LogP contribution >= 0.6 is 0 Å². The van der Waals surface area contributed by atoms with E-state index in [1.54, 1.807) is 14.2 Å². The lowest BCUT2D eigenvalue weighted by Crippen LogP contribution is -2.18. The summed E-state index contributed by atoms with van der Waals surface area (Å²) >= 11 is 0. The van der Waals surface area contributed by atoms with E-state index in [0.717, 1.165) is 19.5 Å². The number of methoxy groups -OCH3 is 2. The molecule has 0 radical (unpaired) electrons. The molecule has 1 aromatic heterocycles. The topological polar surface area (TPSA) is 90.7 Å². The first kappa shape index (κ1) is 16.8. The van der Waals surface area contributed by atoms with E-state index in [-0.39, 0.29) is 0 Å². The predicted molar refractivity (Wildman–Crippen MR) is 73.7 cm³/mol. The summed E-state index contributed by atoms with van der Waals surface area (Å²) in [7, 11) is 3.32. The van der Waals surface area contributed by atoms with Crippen molar-refractivity contribution in [3.05, 3.63) is 5.89 Å². The van der Waals surface area contributed by atoms with E-state index < -0.39 is 0 Å². The van der Waals surface area contributed by atoms with Gasteiger partial charge in [0.2, 0.25) is 5.89 Å². The average molecular weight is 288 g/mol. The van der Waals surface area contributed by atoms with Crippen molar-refractivity contribution >= 4 is 6.01 Å². The fourth-order valence-electron chi connectivity index (χ4n) is 1.38. The molecule has 0 spiro atoms. The van der Waals surface area contributed by atoms with Crippen LogP contribution in [0.2, 0.25) is 0 Å². The van der Waals surface area contributed by atoms with Gasteiger partial charge in [0.05, 0.1) is 26.4 Å². The van der Waals surface area contributed by atoms with E-state index in [0.29, 0.717) is 44.9 Å². The lowest BCUT2D eigenvalue weighted by Gasteiger charge is -2.03. The first-order chi connectivity index (χ1) is 9.86. The number of aromatic nitrogens is 2. The van der Waals surface area contributed by atoms with Crippen LogP contribution in [0.25, 0.3) is 0 Å². The summed E-state index contributed by atoms with van der Waals surface area (Å²) < 4.78 is 20.6. The van der Waals surface area contributed by atoms with E-state index in [1.807, 2.05) is 0 Å². The first-order valence-corrected chi connectivity index (χ1v) is 6.69. The molecular formula is C12H24N4O4. The van der Waals surface area contributed by atoms with Crippen molar-refractivity contribution in [2.24, 2.45) is 0 Å². The van der Waals surface area contributed by atoms with Crippen LogP contribution in [0.1, 0.15) is 12.3 Å². The maximum atomic E-state index is 5.41. The van der Waals surface area contributed by atoms with Gasteiger partial charge in [-0.2, -0.15) is 0 Å². The summed E-state index contributed by atoms with van der Waals surface area (Å²) in [6, 6.07) is 0.436. The Morgan fingerprint density at radius 2 is 1.85 bits per heavy atom. The van der Waals surface area contributed by atoms with Crippen molar-refractivity contribution in [2.45, 2.75) is 13.0 Å². The molecule has 8 nitrogen and oxygen atoms in total. The number of anilines is 1. The maximum absolute atomic E-state index is 5.41.